The van der Waals surface area contributed by atoms with Gasteiger partial charge in [0.05, 0.1) is 10.7 Å². The molecule has 2 nitrogen and oxygen atoms in total. The Bertz CT molecular complexity index is 1310. The van der Waals surface area contributed by atoms with E-state index >= 15 is 0 Å². The van der Waals surface area contributed by atoms with Gasteiger partial charge in [-0.3, -0.25) is 9.59 Å². The monoisotopic (exact) mass is 502 g/mol. The van der Waals surface area contributed by atoms with Gasteiger partial charge in [-0.1, -0.05) is 108 Å². The number of rotatable bonds is 6. The molecule has 0 spiro atoms. The molecule has 0 aliphatic heterocycles. The lowest BCUT2D eigenvalue weighted by molar-refractivity contribution is 0.0741. The summed E-state index contributed by atoms with van der Waals surface area (Å²) < 4.78 is 0. The van der Waals surface area contributed by atoms with Crippen LogP contribution in [0.25, 0.3) is 21.5 Å². The average molecular weight is 503 g/mol. The third-order valence-electron chi connectivity index (χ3n) is 6.87. The van der Waals surface area contributed by atoms with Crippen molar-refractivity contribution in [3.8, 4) is 0 Å². The van der Waals surface area contributed by atoms with Crippen LogP contribution in [0.3, 0.4) is 0 Å². The zero-order valence-electron chi connectivity index (χ0n) is 17.6. The lowest BCUT2D eigenvalue weighted by Gasteiger charge is -2.34. The zero-order chi connectivity index (χ0) is 22.1. The third-order valence-corrected chi connectivity index (χ3v) is 8.83. The minimum atomic E-state index is -0.716. The molecule has 5 rings (SSSR count). The van der Waals surface area contributed by atoms with Gasteiger partial charge in [-0.2, -0.15) is 0 Å². The SMILES string of the molecule is O=C(c1cccc2ccccc12)C(SBr)C1(C(=O)c2cccc3ccccc23)CCCC1. The van der Waals surface area contributed by atoms with Crippen LogP contribution < -0.4 is 0 Å². The molecule has 0 aromatic heterocycles. The van der Waals surface area contributed by atoms with E-state index in [2.05, 4.69) is 14.8 Å². The number of benzene rings is 4. The number of carbonyl (C=O) groups is 2. The van der Waals surface area contributed by atoms with Crippen molar-refractivity contribution in [2.75, 3.05) is 0 Å². The summed E-state index contributed by atoms with van der Waals surface area (Å²) >= 11 is 3.56. The zero-order valence-corrected chi connectivity index (χ0v) is 20.0. The first-order valence-corrected chi connectivity index (χ1v) is 13.7. The van der Waals surface area contributed by atoms with Gasteiger partial charge in [-0.05, 0) is 49.2 Å². The molecule has 0 amide bonds. The highest BCUT2D eigenvalue weighted by Crippen LogP contribution is 2.51. The molecule has 1 unspecified atom stereocenters. The van der Waals surface area contributed by atoms with Crippen LogP contribution in [0.4, 0.5) is 0 Å². The number of hydrogen-bond acceptors (Lipinski definition) is 3. The number of halogens is 1. The van der Waals surface area contributed by atoms with Crippen molar-refractivity contribution >= 4 is 58.1 Å². The predicted octanol–water partition coefficient (Wildman–Crippen LogP) is 8.03. The van der Waals surface area contributed by atoms with Crippen LogP contribution in [0.1, 0.15) is 46.4 Å². The predicted molar refractivity (Wildman–Crippen MR) is 138 cm³/mol. The summed E-state index contributed by atoms with van der Waals surface area (Å²) in [6.07, 6.45) is 3.39. The number of carbonyl (C=O) groups excluding carboxylic acids is 2. The molecular weight excluding hydrogens is 480 g/mol. The van der Waals surface area contributed by atoms with Gasteiger partial charge in [0.25, 0.3) is 0 Å². The van der Waals surface area contributed by atoms with Crippen LogP contribution in [0.15, 0.2) is 84.9 Å². The molecule has 4 aromatic carbocycles. The van der Waals surface area contributed by atoms with E-state index in [1.54, 1.807) is 0 Å². The molecule has 0 bridgehead atoms. The van der Waals surface area contributed by atoms with Crippen molar-refractivity contribution in [3.05, 3.63) is 96.1 Å². The molecule has 0 N–H and O–H groups in total. The fraction of sp³-hybridized carbons (Fsp3) is 0.214. The van der Waals surface area contributed by atoms with E-state index in [-0.39, 0.29) is 11.6 Å². The highest BCUT2D eigenvalue weighted by Gasteiger charge is 2.51. The molecule has 160 valence electrons. The second kappa shape index (κ2) is 8.84. The van der Waals surface area contributed by atoms with Crippen molar-refractivity contribution in [3.63, 3.8) is 0 Å². The molecule has 1 fully saturated rings. The van der Waals surface area contributed by atoms with Crippen LogP contribution >= 0.6 is 25.0 Å². The van der Waals surface area contributed by atoms with E-state index in [1.165, 1.54) is 10.2 Å². The van der Waals surface area contributed by atoms with Gasteiger partial charge >= 0.3 is 0 Å². The molecule has 0 heterocycles. The maximum Gasteiger partial charge on any atom is 0.178 e. The molecule has 1 saturated carbocycles. The van der Waals surface area contributed by atoms with Gasteiger partial charge < -0.3 is 0 Å². The summed E-state index contributed by atoms with van der Waals surface area (Å²) in [6.45, 7) is 0. The minimum absolute atomic E-state index is 0.0270. The van der Waals surface area contributed by atoms with Crippen LogP contribution in [-0.4, -0.2) is 16.8 Å². The van der Waals surface area contributed by atoms with E-state index in [1.807, 2.05) is 84.9 Å². The Morgan fingerprint density at radius 2 is 1.22 bits per heavy atom. The highest BCUT2D eigenvalue weighted by atomic mass is 79.9. The Morgan fingerprint density at radius 1 is 0.719 bits per heavy atom. The summed E-state index contributed by atoms with van der Waals surface area (Å²) in [7, 11) is 1.35. The van der Waals surface area contributed by atoms with Gasteiger partial charge in [0.1, 0.15) is 0 Å². The molecule has 4 heteroatoms. The molecule has 1 aliphatic rings. The maximum absolute atomic E-state index is 14.2. The molecule has 1 atom stereocenters. The van der Waals surface area contributed by atoms with Gasteiger partial charge in [0.15, 0.2) is 11.6 Å². The second-order valence-corrected chi connectivity index (χ2v) is 10.4. The first-order chi connectivity index (χ1) is 15.7. The minimum Gasteiger partial charge on any atom is -0.293 e. The van der Waals surface area contributed by atoms with Crippen LogP contribution in [0.5, 0.6) is 0 Å². The smallest absolute Gasteiger partial charge is 0.178 e. The summed E-state index contributed by atoms with van der Waals surface area (Å²) in [6, 6.07) is 27.7. The number of ketones is 2. The quantitative estimate of drug-likeness (QED) is 0.250. The van der Waals surface area contributed by atoms with Crippen LogP contribution in [-0.2, 0) is 0 Å². The van der Waals surface area contributed by atoms with E-state index in [0.717, 1.165) is 52.8 Å². The molecule has 1 aliphatic carbocycles. The number of hydrogen-bond donors (Lipinski definition) is 0. The first kappa shape index (κ1) is 21.4. The summed E-state index contributed by atoms with van der Waals surface area (Å²) in [5.41, 5.74) is 0.700. The molecule has 4 aromatic rings. The Balaban J connectivity index is 1.63. The first-order valence-electron chi connectivity index (χ1n) is 11.0. The van der Waals surface area contributed by atoms with Crippen LogP contribution in [0.2, 0.25) is 0 Å². The summed E-state index contributed by atoms with van der Waals surface area (Å²) in [5, 5.41) is 3.51. The Kier molecular flexibility index (Phi) is 5.92. The lowest BCUT2D eigenvalue weighted by Crippen LogP contribution is -2.43. The van der Waals surface area contributed by atoms with Gasteiger partial charge in [-0.15, -0.1) is 0 Å². The van der Waals surface area contributed by atoms with Crippen LogP contribution in [0, 0.1) is 5.41 Å². The van der Waals surface area contributed by atoms with Crippen molar-refractivity contribution in [2.24, 2.45) is 5.41 Å². The highest BCUT2D eigenvalue weighted by molar-refractivity contribution is 9.50. The largest absolute Gasteiger partial charge is 0.293 e. The Morgan fingerprint density at radius 3 is 1.81 bits per heavy atom. The van der Waals surface area contributed by atoms with Gasteiger partial charge in [-0.25, -0.2) is 0 Å². The van der Waals surface area contributed by atoms with E-state index in [4.69, 9.17) is 0 Å². The standard InChI is InChI=1S/C28H23BrO2S/c29-32-27(25(30)23-15-7-11-19-9-1-3-13-21(19)23)28(17-5-6-18-28)26(31)24-16-8-12-20-10-2-4-14-22(20)24/h1-4,7-16,27H,5-6,17-18H2. The van der Waals surface area contributed by atoms with Crippen molar-refractivity contribution in [1.82, 2.24) is 0 Å². The summed E-state index contributed by atoms with van der Waals surface area (Å²) in [5.74, 6) is 0.122. The molecule has 32 heavy (non-hydrogen) atoms. The maximum atomic E-state index is 14.2. The van der Waals surface area contributed by atoms with Crippen molar-refractivity contribution in [1.29, 1.82) is 0 Å². The van der Waals surface area contributed by atoms with Gasteiger partial charge in [0.2, 0.25) is 0 Å². The molecular formula is C28H23BrO2S. The fourth-order valence-electron chi connectivity index (χ4n) is 5.26. The average Bonchev–Trinajstić information content (AvgIpc) is 3.34. The Hall–Kier alpha value is -2.43. The molecule has 0 saturated heterocycles. The Labute approximate surface area is 199 Å². The van der Waals surface area contributed by atoms with E-state index in [9.17, 15) is 9.59 Å². The third kappa shape index (κ3) is 3.50. The van der Waals surface area contributed by atoms with Crippen molar-refractivity contribution in [2.45, 2.75) is 30.9 Å². The number of fused-ring (bicyclic) bond motifs is 2. The fourth-order valence-corrected chi connectivity index (χ4v) is 7.57. The van der Waals surface area contributed by atoms with E-state index in [0.29, 0.717) is 5.56 Å². The number of Topliss-reactive ketones (excluding diaryl/α,β-unsaturated/α-hetero) is 2. The topological polar surface area (TPSA) is 34.1 Å². The van der Waals surface area contributed by atoms with E-state index < -0.39 is 10.7 Å². The second-order valence-electron chi connectivity index (χ2n) is 8.58. The summed E-state index contributed by atoms with van der Waals surface area (Å²) in [4.78, 5) is 28.2. The van der Waals surface area contributed by atoms with Gasteiger partial charge in [0, 0.05) is 11.1 Å². The lowest BCUT2D eigenvalue weighted by atomic mass is 9.72. The molecule has 0 radical (unpaired) electrons. The van der Waals surface area contributed by atoms with Crippen molar-refractivity contribution < 1.29 is 9.59 Å². The normalized spacial score (nSPS) is 16.3.